The zero-order valence-corrected chi connectivity index (χ0v) is 12.3. The maximum absolute atomic E-state index is 12.8. The van der Waals surface area contributed by atoms with Gasteiger partial charge in [0, 0.05) is 6.42 Å². The van der Waals surface area contributed by atoms with Crippen LogP contribution in [0.4, 0.5) is 13.2 Å². The fraction of sp³-hybridized carbons (Fsp3) is 0.333. The number of benzene rings is 1. The van der Waals surface area contributed by atoms with E-state index in [1.54, 1.807) is 4.72 Å². The number of carbonyl (C=O) groups excluding carboxylic acids is 2. The summed E-state index contributed by atoms with van der Waals surface area (Å²) in [6, 6.07) is 1.39. The van der Waals surface area contributed by atoms with Crippen molar-refractivity contribution in [3.05, 3.63) is 29.8 Å². The van der Waals surface area contributed by atoms with Crippen LogP contribution in [0.3, 0.4) is 0 Å². The third kappa shape index (κ3) is 5.21. The minimum absolute atomic E-state index is 0.484. The quantitative estimate of drug-likeness (QED) is 0.674. The van der Waals surface area contributed by atoms with Gasteiger partial charge < -0.3 is 15.6 Å². The molecular weight excluding hydrogens is 341 g/mol. The van der Waals surface area contributed by atoms with E-state index in [0.717, 1.165) is 12.1 Å². The predicted octanol–water partition coefficient (Wildman–Crippen LogP) is -0.632. The Morgan fingerprint density at radius 1 is 1.26 bits per heavy atom. The fourth-order valence-electron chi connectivity index (χ4n) is 1.70. The Bertz CT molecular complexity index is 703. The standard InChI is InChI=1S/C12H13F3N2O5S/c13-12(14,15)7-3-1-2-4-9(7)23(21,22)17-8(11(19)20)5-6-10(16)18/h1-4,8,17H,5-6H2,(H2,16,18)(H,19,20)/p-1/t8-/m1/s1. The monoisotopic (exact) mass is 353 g/mol. The molecule has 0 aliphatic heterocycles. The molecule has 128 valence electrons. The molecule has 1 atom stereocenters. The molecule has 0 aliphatic rings. The first-order chi connectivity index (χ1) is 10.4. The van der Waals surface area contributed by atoms with Crippen LogP contribution in [-0.4, -0.2) is 26.3 Å². The zero-order valence-electron chi connectivity index (χ0n) is 11.5. The molecule has 0 saturated carbocycles. The highest BCUT2D eigenvalue weighted by Crippen LogP contribution is 2.33. The molecule has 0 radical (unpaired) electrons. The SMILES string of the molecule is NC(=O)CC[C@@H](NS(=O)(=O)c1ccccc1C(F)(F)F)C(=O)[O-]. The normalized spacial score (nSPS) is 13.5. The van der Waals surface area contributed by atoms with E-state index >= 15 is 0 Å². The molecule has 0 unspecified atom stereocenters. The van der Waals surface area contributed by atoms with E-state index in [9.17, 15) is 36.3 Å². The average Bonchev–Trinajstić information content (AvgIpc) is 2.42. The lowest BCUT2D eigenvalue weighted by molar-refractivity contribution is -0.308. The number of aliphatic carboxylic acids is 1. The number of alkyl halides is 3. The van der Waals surface area contributed by atoms with Gasteiger partial charge in [0.25, 0.3) is 0 Å². The van der Waals surface area contributed by atoms with Gasteiger partial charge in [-0.3, -0.25) is 4.79 Å². The Morgan fingerprint density at radius 2 is 1.83 bits per heavy atom. The van der Waals surface area contributed by atoms with Crippen molar-refractivity contribution in [2.24, 2.45) is 5.73 Å². The van der Waals surface area contributed by atoms with E-state index in [2.05, 4.69) is 0 Å². The second kappa shape index (κ2) is 6.96. The maximum atomic E-state index is 12.8. The fourth-order valence-corrected chi connectivity index (χ4v) is 3.14. The van der Waals surface area contributed by atoms with E-state index in [0.29, 0.717) is 12.1 Å². The molecule has 0 heterocycles. The van der Waals surface area contributed by atoms with Crippen LogP contribution in [0.15, 0.2) is 29.2 Å². The first kappa shape index (κ1) is 18.9. The lowest BCUT2D eigenvalue weighted by atomic mass is 10.2. The minimum Gasteiger partial charge on any atom is -0.548 e. The Kier molecular flexibility index (Phi) is 5.72. The van der Waals surface area contributed by atoms with Crippen molar-refractivity contribution in [1.82, 2.24) is 4.72 Å². The summed E-state index contributed by atoms with van der Waals surface area (Å²) in [6.07, 6.45) is -5.98. The number of amides is 1. The summed E-state index contributed by atoms with van der Waals surface area (Å²) in [5.41, 5.74) is 3.37. The van der Waals surface area contributed by atoms with E-state index < -0.39 is 57.4 Å². The smallest absolute Gasteiger partial charge is 0.417 e. The number of hydrogen-bond acceptors (Lipinski definition) is 5. The van der Waals surface area contributed by atoms with Crippen molar-refractivity contribution in [2.45, 2.75) is 30.0 Å². The number of carboxylic acid groups (broad SMARTS) is 1. The van der Waals surface area contributed by atoms with E-state index in [-0.39, 0.29) is 0 Å². The van der Waals surface area contributed by atoms with Crippen LogP contribution in [0.2, 0.25) is 0 Å². The summed E-state index contributed by atoms with van der Waals surface area (Å²) in [7, 11) is -4.81. The Balaban J connectivity index is 3.16. The third-order valence-electron chi connectivity index (χ3n) is 2.74. The summed E-state index contributed by atoms with van der Waals surface area (Å²) in [6.45, 7) is 0. The molecule has 1 amide bonds. The van der Waals surface area contributed by atoms with Gasteiger partial charge in [-0.2, -0.15) is 13.2 Å². The van der Waals surface area contributed by atoms with Crippen molar-refractivity contribution < 1.29 is 36.3 Å². The third-order valence-corrected chi connectivity index (χ3v) is 4.27. The number of primary amides is 1. The number of carbonyl (C=O) groups is 2. The van der Waals surface area contributed by atoms with Crippen molar-refractivity contribution in [2.75, 3.05) is 0 Å². The molecule has 7 nitrogen and oxygen atoms in total. The van der Waals surface area contributed by atoms with Crippen LogP contribution in [0.5, 0.6) is 0 Å². The molecule has 1 aromatic carbocycles. The van der Waals surface area contributed by atoms with Gasteiger partial charge in [0.1, 0.15) is 0 Å². The van der Waals surface area contributed by atoms with E-state index in [1.807, 2.05) is 0 Å². The van der Waals surface area contributed by atoms with Crippen LogP contribution in [-0.2, 0) is 25.8 Å². The molecule has 0 aliphatic carbocycles. The van der Waals surface area contributed by atoms with Crippen LogP contribution >= 0.6 is 0 Å². The number of halogens is 3. The Hall–Kier alpha value is -2.14. The lowest BCUT2D eigenvalue weighted by Gasteiger charge is -2.20. The molecule has 0 bridgehead atoms. The second-order valence-electron chi connectivity index (χ2n) is 4.49. The van der Waals surface area contributed by atoms with Gasteiger partial charge in [-0.25, -0.2) is 13.1 Å². The highest BCUT2D eigenvalue weighted by atomic mass is 32.2. The van der Waals surface area contributed by atoms with Crippen LogP contribution in [0.25, 0.3) is 0 Å². The number of rotatable bonds is 7. The van der Waals surface area contributed by atoms with Crippen LogP contribution < -0.4 is 15.6 Å². The molecule has 0 spiro atoms. The van der Waals surface area contributed by atoms with Gasteiger partial charge in [0.05, 0.1) is 22.5 Å². The topological polar surface area (TPSA) is 129 Å². The first-order valence-electron chi connectivity index (χ1n) is 6.13. The highest BCUT2D eigenvalue weighted by Gasteiger charge is 2.37. The second-order valence-corrected chi connectivity index (χ2v) is 6.17. The summed E-state index contributed by atoms with van der Waals surface area (Å²) >= 11 is 0. The molecule has 1 aromatic rings. The number of nitrogens with one attached hydrogen (secondary N) is 1. The number of nitrogens with two attached hydrogens (primary N) is 1. The number of hydrogen-bond donors (Lipinski definition) is 2. The van der Waals surface area contributed by atoms with Crippen LogP contribution in [0, 0.1) is 0 Å². The molecule has 3 N–H and O–H groups in total. The van der Waals surface area contributed by atoms with Gasteiger partial charge in [-0.15, -0.1) is 0 Å². The molecule has 1 rings (SSSR count). The van der Waals surface area contributed by atoms with Gasteiger partial charge in [-0.05, 0) is 18.6 Å². The van der Waals surface area contributed by atoms with Crippen molar-refractivity contribution in [3.63, 3.8) is 0 Å². The minimum atomic E-state index is -4.95. The number of sulfonamides is 1. The zero-order chi connectivity index (χ0) is 17.8. The number of carboxylic acids is 1. The molecule has 0 fully saturated rings. The molecule has 11 heteroatoms. The summed E-state index contributed by atoms with van der Waals surface area (Å²) < 4.78 is 64.2. The summed E-state index contributed by atoms with van der Waals surface area (Å²) in [5.74, 6) is -2.79. The van der Waals surface area contributed by atoms with Crippen molar-refractivity contribution in [1.29, 1.82) is 0 Å². The van der Waals surface area contributed by atoms with Crippen LogP contribution in [0.1, 0.15) is 18.4 Å². The first-order valence-corrected chi connectivity index (χ1v) is 7.61. The lowest BCUT2D eigenvalue weighted by Crippen LogP contribution is -2.48. The van der Waals surface area contributed by atoms with Gasteiger partial charge in [0.2, 0.25) is 15.9 Å². The van der Waals surface area contributed by atoms with Gasteiger partial charge >= 0.3 is 6.18 Å². The molecular formula is C12H12F3N2O5S-. The molecule has 23 heavy (non-hydrogen) atoms. The van der Waals surface area contributed by atoms with Gasteiger partial charge in [-0.1, -0.05) is 12.1 Å². The highest BCUT2D eigenvalue weighted by molar-refractivity contribution is 7.89. The maximum Gasteiger partial charge on any atom is 0.417 e. The molecule has 0 aromatic heterocycles. The molecule has 0 saturated heterocycles. The van der Waals surface area contributed by atoms with E-state index in [1.165, 1.54) is 0 Å². The van der Waals surface area contributed by atoms with Crippen molar-refractivity contribution in [3.8, 4) is 0 Å². The Morgan fingerprint density at radius 3 is 2.30 bits per heavy atom. The van der Waals surface area contributed by atoms with Gasteiger partial charge in [0.15, 0.2) is 0 Å². The summed E-state index contributed by atoms with van der Waals surface area (Å²) in [5, 5.41) is 10.9. The average molecular weight is 353 g/mol. The predicted molar refractivity (Wildman–Crippen MR) is 69.0 cm³/mol. The summed E-state index contributed by atoms with van der Waals surface area (Å²) in [4.78, 5) is 20.4. The Labute approximate surface area is 129 Å². The van der Waals surface area contributed by atoms with E-state index in [4.69, 9.17) is 5.73 Å². The van der Waals surface area contributed by atoms with Crippen molar-refractivity contribution >= 4 is 21.9 Å². The largest absolute Gasteiger partial charge is 0.548 e.